The van der Waals surface area contributed by atoms with Gasteiger partial charge in [0.05, 0.1) is 0 Å². The van der Waals surface area contributed by atoms with Crippen molar-refractivity contribution in [3.63, 3.8) is 0 Å². The minimum absolute atomic E-state index is 0.164. The number of carbonyl (C=O) groups excluding carboxylic acids is 1. The first-order valence-electron chi connectivity index (χ1n) is 5.26. The molecule has 1 heterocycles. The van der Waals surface area contributed by atoms with Crippen molar-refractivity contribution in [3.05, 3.63) is 23.8 Å². The minimum atomic E-state index is -0.557. The quantitative estimate of drug-likeness (QED) is 0.758. The summed E-state index contributed by atoms with van der Waals surface area (Å²) < 4.78 is 5.71. The summed E-state index contributed by atoms with van der Waals surface area (Å²) in [7, 11) is 0. The Balaban J connectivity index is 2.29. The average molecular weight is 220 g/mol. The van der Waals surface area contributed by atoms with Crippen LogP contribution in [-0.4, -0.2) is 11.5 Å². The summed E-state index contributed by atoms with van der Waals surface area (Å²) in [5.74, 6) is 0.573. The number of carbonyl (C=O) groups is 1. The van der Waals surface area contributed by atoms with Crippen molar-refractivity contribution in [2.75, 3.05) is 5.32 Å². The van der Waals surface area contributed by atoms with Gasteiger partial charge in [-0.15, -0.1) is 0 Å². The third-order valence-corrected chi connectivity index (χ3v) is 2.32. The Morgan fingerprint density at radius 3 is 2.69 bits per heavy atom. The van der Waals surface area contributed by atoms with Crippen molar-refractivity contribution in [1.29, 1.82) is 0 Å². The standard InChI is InChI=1S/C12H16N2O2/c1-12(2,3)16-7-4-5-8-9(6-7)14-11(15)10(8)13/h4-6,10H,13H2,1-3H3,(H,14,15). The van der Waals surface area contributed by atoms with E-state index in [0.29, 0.717) is 0 Å². The largest absolute Gasteiger partial charge is 0.488 e. The van der Waals surface area contributed by atoms with Gasteiger partial charge < -0.3 is 15.8 Å². The van der Waals surface area contributed by atoms with Crippen LogP contribution in [0.3, 0.4) is 0 Å². The number of fused-ring (bicyclic) bond motifs is 1. The van der Waals surface area contributed by atoms with E-state index in [0.717, 1.165) is 17.0 Å². The van der Waals surface area contributed by atoms with E-state index in [9.17, 15) is 4.79 Å². The maximum absolute atomic E-state index is 11.4. The summed E-state index contributed by atoms with van der Waals surface area (Å²) in [6, 6.07) is 4.92. The van der Waals surface area contributed by atoms with E-state index in [1.54, 1.807) is 0 Å². The summed E-state index contributed by atoms with van der Waals surface area (Å²) in [5.41, 5.74) is 7.04. The molecule has 0 aromatic heterocycles. The SMILES string of the molecule is CC(C)(C)Oc1ccc2c(c1)NC(=O)C2N. The molecule has 1 unspecified atom stereocenters. The lowest BCUT2D eigenvalue weighted by molar-refractivity contribution is -0.116. The topological polar surface area (TPSA) is 64.3 Å². The molecule has 0 radical (unpaired) electrons. The number of nitrogens with two attached hydrogens (primary N) is 1. The maximum atomic E-state index is 11.4. The van der Waals surface area contributed by atoms with E-state index in [-0.39, 0.29) is 11.5 Å². The molecule has 0 aliphatic carbocycles. The van der Waals surface area contributed by atoms with Gasteiger partial charge in [0.25, 0.3) is 0 Å². The number of rotatable bonds is 1. The fraction of sp³-hybridized carbons (Fsp3) is 0.417. The van der Waals surface area contributed by atoms with Crippen LogP contribution in [0.2, 0.25) is 0 Å². The molecule has 3 N–H and O–H groups in total. The highest BCUT2D eigenvalue weighted by atomic mass is 16.5. The smallest absolute Gasteiger partial charge is 0.245 e. The van der Waals surface area contributed by atoms with Crippen LogP contribution in [0.5, 0.6) is 5.75 Å². The molecule has 1 aromatic carbocycles. The van der Waals surface area contributed by atoms with Crippen molar-refractivity contribution in [3.8, 4) is 5.75 Å². The van der Waals surface area contributed by atoms with Gasteiger partial charge in [0, 0.05) is 17.3 Å². The van der Waals surface area contributed by atoms with E-state index < -0.39 is 6.04 Å². The van der Waals surface area contributed by atoms with Crippen LogP contribution in [0.4, 0.5) is 5.69 Å². The van der Waals surface area contributed by atoms with Gasteiger partial charge in [0.15, 0.2) is 0 Å². The molecular weight excluding hydrogens is 204 g/mol. The molecule has 2 rings (SSSR count). The van der Waals surface area contributed by atoms with Gasteiger partial charge in [0.2, 0.25) is 5.91 Å². The van der Waals surface area contributed by atoms with Crippen molar-refractivity contribution < 1.29 is 9.53 Å². The zero-order chi connectivity index (χ0) is 11.9. The zero-order valence-electron chi connectivity index (χ0n) is 9.70. The molecule has 4 nitrogen and oxygen atoms in total. The lowest BCUT2D eigenvalue weighted by Crippen LogP contribution is -2.22. The molecule has 1 aromatic rings. The Morgan fingerprint density at radius 1 is 1.38 bits per heavy atom. The Morgan fingerprint density at radius 2 is 2.06 bits per heavy atom. The molecule has 16 heavy (non-hydrogen) atoms. The summed E-state index contributed by atoms with van der Waals surface area (Å²) in [5, 5.41) is 2.73. The Bertz CT molecular complexity index is 435. The fourth-order valence-corrected chi connectivity index (χ4v) is 1.68. The van der Waals surface area contributed by atoms with Crippen molar-refractivity contribution in [1.82, 2.24) is 0 Å². The normalized spacial score (nSPS) is 19.2. The second kappa shape index (κ2) is 3.49. The molecule has 0 bridgehead atoms. The number of hydrogen-bond donors (Lipinski definition) is 2. The predicted molar refractivity (Wildman–Crippen MR) is 62.4 cm³/mol. The van der Waals surface area contributed by atoms with E-state index >= 15 is 0 Å². The molecule has 1 aliphatic heterocycles. The van der Waals surface area contributed by atoms with Crippen LogP contribution < -0.4 is 15.8 Å². The van der Waals surface area contributed by atoms with Gasteiger partial charge in [-0.3, -0.25) is 4.79 Å². The highest BCUT2D eigenvalue weighted by molar-refractivity contribution is 6.02. The summed E-state index contributed by atoms with van der Waals surface area (Å²) in [4.78, 5) is 11.4. The molecule has 0 spiro atoms. The van der Waals surface area contributed by atoms with Crippen molar-refractivity contribution in [2.24, 2.45) is 5.73 Å². The molecule has 1 aliphatic rings. The minimum Gasteiger partial charge on any atom is -0.488 e. The van der Waals surface area contributed by atoms with E-state index in [1.807, 2.05) is 39.0 Å². The van der Waals surface area contributed by atoms with Gasteiger partial charge in [-0.2, -0.15) is 0 Å². The second-order valence-electron chi connectivity index (χ2n) is 4.93. The van der Waals surface area contributed by atoms with E-state index in [1.165, 1.54) is 0 Å². The molecule has 0 fully saturated rings. The summed E-state index contributed by atoms with van der Waals surface area (Å²) >= 11 is 0. The van der Waals surface area contributed by atoms with E-state index in [4.69, 9.17) is 10.5 Å². The highest BCUT2D eigenvalue weighted by Crippen LogP contribution is 2.33. The third-order valence-electron chi connectivity index (χ3n) is 2.32. The van der Waals surface area contributed by atoms with Crippen LogP contribution in [-0.2, 0) is 4.79 Å². The molecular formula is C12H16N2O2. The Kier molecular flexibility index (Phi) is 2.39. The Hall–Kier alpha value is -1.55. The monoisotopic (exact) mass is 220 g/mol. The van der Waals surface area contributed by atoms with Gasteiger partial charge in [-0.25, -0.2) is 0 Å². The number of amides is 1. The van der Waals surface area contributed by atoms with Crippen LogP contribution >= 0.6 is 0 Å². The second-order valence-corrected chi connectivity index (χ2v) is 4.93. The Labute approximate surface area is 94.8 Å². The number of benzene rings is 1. The molecule has 4 heteroatoms. The average Bonchev–Trinajstić information content (AvgIpc) is 2.40. The van der Waals surface area contributed by atoms with Crippen LogP contribution in [0.1, 0.15) is 32.4 Å². The number of hydrogen-bond acceptors (Lipinski definition) is 3. The van der Waals surface area contributed by atoms with Crippen molar-refractivity contribution in [2.45, 2.75) is 32.4 Å². The lowest BCUT2D eigenvalue weighted by Gasteiger charge is -2.21. The summed E-state index contributed by atoms with van der Waals surface area (Å²) in [6.07, 6.45) is 0. The zero-order valence-corrected chi connectivity index (χ0v) is 9.70. The molecule has 1 amide bonds. The molecule has 86 valence electrons. The van der Waals surface area contributed by atoms with Crippen molar-refractivity contribution >= 4 is 11.6 Å². The first-order valence-corrected chi connectivity index (χ1v) is 5.26. The molecule has 0 saturated heterocycles. The van der Waals surface area contributed by atoms with Gasteiger partial charge in [0.1, 0.15) is 17.4 Å². The highest BCUT2D eigenvalue weighted by Gasteiger charge is 2.27. The number of ether oxygens (including phenoxy) is 1. The van der Waals surface area contributed by atoms with Gasteiger partial charge in [-0.1, -0.05) is 6.07 Å². The number of anilines is 1. The maximum Gasteiger partial charge on any atom is 0.245 e. The van der Waals surface area contributed by atoms with Gasteiger partial charge in [-0.05, 0) is 26.8 Å². The van der Waals surface area contributed by atoms with Gasteiger partial charge >= 0.3 is 0 Å². The summed E-state index contributed by atoms with van der Waals surface area (Å²) in [6.45, 7) is 5.93. The lowest BCUT2D eigenvalue weighted by atomic mass is 10.1. The third kappa shape index (κ3) is 2.02. The molecule has 0 saturated carbocycles. The van der Waals surface area contributed by atoms with E-state index in [2.05, 4.69) is 5.32 Å². The predicted octanol–water partition coefficient (Wildman–Crippen LogP) is 1.82. The molecule has 1 atom stereocenters. The van der Waals surface area contributed by atoms with Crippen LogP contribution in [0.15, 0.2) is 18.2 Å². The van der Waals surface area contributed by atoms with Crippen LogP contribution in [0, 0.1) is 0 Å². The fourth-order valence-electron chi connectivity index (χ4n) is 1.68. The first-order chi connectivity index (χ1) is 7.37. The van der Waals surface area contributed by atoms with Crippen LogP contribution in [0.25, 0.3) is 0 Å². The number of nitrogens with one attached hydrogen (secondary N) is 1. The first kappa shape index (κ1) is 11.0.